The van der Waals surface area contributed by atoms with E-state index in [-0.39, 0.29) is 16.3 Å². The molecule has 2 atom stereocenters. The number of nitro benzene ring substituents is 1. The minimum absolute atomic E-state index is 0.133. The summed E-state index contributed by atoms with van der Waals surface area (Å²) >= 11 is 0. The van der Waals surface area contributed by atoms with E-state index < -0.39 is 21.8 Å². The number of rotatable bonds is 5. The molecule has 0 aromatic heterocycles. The van der Waals surface area contributed by atoms with Crippen LogP contribution >= 0.6 is 0 Å². The van der Waals surface area contributed by atoms with Crippen molar-refractivity contribution in [2.45, 2.75) is 10.9 Å². The van der Waals surface area contributed by atoms with Crippen LogP contribution in [-0.2, 0) is 10.8 Å². The lowest BCUT2D eigenvalue weighted by molar-refractivity contribution is -0.387. The number of para-hydroxylation sites is 1. The van der Waals surface area contributed by atoms with E-state index in [0.29, 0.717) is 0 Å². The highest BCUT2D eigenvalue weighted by molar-refractivity contribution is 7.85. The van der Waals surface area contributed by atoms with Crippen molar-refractivity contribution in [2.24, 2.45) is 5.73 Å². The Morgan fingerprint density at radius 3 is 2.35 bits per heavy atom. The third-order valence-electron chi connectivity index (χ3n) is 2.87. The Kier molecular flexibility index (Phi) is 4.60. The van der Waals surface area contributed by atoms with Crippen LogP contribution in [0, 0.1) is 10.1 Å². The Morgan fingerprint density at radius 2 is 1.70 bits per heavy atom. The van der Waals surface area contributed by atoms with Gasteiger partial charge in [0.25, 0.3) is 5.69 Å². The Hall–Kier alpha value is -2.05. The first-order chi connectivity index (χ1) is 9.59. The molecule has 0 heterocycles. The van der Waals surface area contributed by atoms with Crippen molar-refractivity contribution >= 4 is 16.5 Å². The SMILES string of the molecule is NC(CS(=O)c1ccccc1[N+](=O)[O-])c1ccccc1. The molecule has 2 unspecified atom stereocenters. The summed E-state index contributed by atoms with van der Waals surface area (Å²) in [5.41, 5.74) is 6.72. The molecule has 0 saturated heterocycles. The molecular formula is C14H14N2O3S. The Balaban J connectivity index is 2.19. The van der Waals surface area contributed by atoms with Gasteiger partial charge in [0.15, 0.2) is 0 Å². The molecule has 20 heavy (non-hydrogen) atoms. The second-order valence-electron chi connectivity index (χ2n) is 4.25. The Bertz CT molecular complexity index is 631. The molecular weight excluding hydrogens is 276 g/mol. The minimum atomic E-state index is -1.51. The van der Waals surface area contributed by atoms with Gasteiger partial charge >= 0.3 is 0 Å². The van der Waals surface area contributed by atoms with E-state index in [0.717, 1.165) is 5.56 Å². The van der Waals surface area contributed by atoms with Crippen LogP contribution in [0.2, 0.25) is 0 Å². The predicted octanol–water partition coefficient (Wildman–Crippen LogP) is 2.40. The Morgan fingerprint density at radius 1 is 1.10 bits per heavy atom. The average Bonchev–Trinajstić information content (AvgIpc) is 2.48. The Labute approximate surface area is 119 Å². The van der Waals surface area contributed by atoms with E-state index in [2.05, 4.69) is 0 Å². The van der Waals surface area contributed by atoms with Crippen molar-refractivity contribution in [1.29, 1.82) is 0 Å². The molecule has 0 spiro atoms. The number of nitrogens with zero attached hydrogens (tertiary/aromatic N) is 1. The molecule has 0 bridgehead atoms. The fourth-order valence-electron chi connectivity index (χ4n) is 1.85. The van der Waals surface area contributed by atoms with Gasteiger partial charge in [-0.1, -0.05) is 42.5 Å². The molecule has 0 saturated carbocycles. The number of hydrogen-bond acceptors (Lipinski definition) is 4. The molecule has 2 rings (SSSR count). The van der Waals surface area contributed by atoms with E-state index in [1.165, 1.54) is 12.1 Å². The summed E-state index contributed by atoms with van der Waals surface area (Å²) in [5.74, 6) is 0.148. The van der Waals surface area contributed by atoms with E-state index >= 15 is 0 Å². The molecule has 0 radical (unpaired) electrons. The molecule has 0 amide bonds. The van der Waals surface area contributed by atoms with Crippen molar-refractivity contribution in [3.63, 3.8) is 0 Å². The number of hydrogen-bond donors (Lipinski definition) is 1. The highest BCUT2D eigenvalue weighted by Gasteiger charge is 2.20. The fourth-order valence-corrected chi connectivity index (χ4v) is 3.15. The lowest BCUT2D eigenvalue weighted by Crippen LogP contribution is -2.18. The monoisotopic (exact) mass is 290 g/mol. The van der Waals surface area contributed by atoms with Gasteiger partial charge in [-0.05, 0) is 11.6 Å². The normalized spacial score (nSPS) is 13.7. The molecule has 6 heteroatoms. The predicted molar refractivity (Wildman–Crippen MR) is 77.7 cm³/mol. The zero-order valence-electron chi connectivity index (χ0n) is 10.6. The number of nitrogens with two attached hydrogens (primary N) is 1. The summed E-state index contributed by atoms with van der Waals surface area (Å²) in [4.78, 5) is 10.6. The zero-order chi connectivity index (χ0) is 14.5. The first-order valence-corrected chi connectivity index (χ1v) is 7.34. The van der Waals surface area contributed by atoms with Gasteiger partial charge < -0.3 is 5.73 Å². The van der Waals surface area contributed by atoms with Gasteiger partial charge in [0, 0.05) is 17.9 Å². The largest absolute Gasteiger partial charge is 0.323 e. The number of nitro groups is 1. The van der Waals surface area contributed by atoms with E-state index in [4.69, 9.17) is 5.73 Å². The molecule has 5 nitrogen and oxygen atoms in total. The zero-order valence-corrected chi connectivity index (χ0v) is 11.5. The van der Waals surface area contributed by atoms with E-state index in [1.54, 1.807) is 12.1 Å². The summed E-state index contributed by atoms with van der Waals surface area (Å²) in [7, 11) is -1.51. The molecule has 0 aliphatic carbocycles. The third kappa shape index (κ3) is 3.28. The van der Waals surface area contributed by atoms with Gasteiger partial charge in [-0.15, -0.1) is 0 Å². The van der Waals surface area contributed by atoms with Gasteiger partial charge in [-0.2, -0.15) is 0 Å². The average molecular weight is 290 g/mol. The van der Waals surface area contributed by atoms with E-state index in [9.17, 15) is 14.3 Å². The van der Waals surface area contributed by atoms with Crippen molar-refractivity contribution in [1.82, 2.24) is 0 Å². The highest BCUT2D eigenvalue weighted by atomic mass is 32.2. The van der Waals surface area contributed by atoms with Crippen molar-refractivity contribution in [3.05, 3.63) is 70.3 Å². The van der Waals surface area contributed by atoms with Crippen LogP contribution in [0.3, 0.4) is 0 Å². The lowest BCUT2D eigenvalue weighted by atomic mass is 10.1. The van der Waals surface area contributed by atoms with Gasteiger partial charge in [-0.3, -0.25) is 14.3 Å². The molecule has 2 aromatic carbocycles. The van der Waals surface area contributed by atoms with Crippen LogP contribution in [-0.4, -0.2) is 14.9 Å². The lowest BCUT2D eigenvalue weighted by Gasteiger charge is -2.11. The smallest absolute Gasteiger partial charge is 0.285 e. The summed E-state index contributed by atoms with van der Waals surface area (Å²) in [6, 6.07) is 14.9. The van der Waals surface area contributed by atoms with Crippen molar-refractivity contribution < 1.29 is 9.13 Å². The summed E-state index contributed by atoms with van der Waals surface area (Å²) in [6.45, 7) is 0. The van der Waals surface area contributed by atoms with Gasteiger partial charge in [0.2, 0.25) is 0 Å². The molecule has 0 fully saturated rings. The van der Waals surface area contributed by atoms with Crippen LogP contribution < -0.4 is 5.73 Å². The number of benzene rings is 2. The standard InChI is InChI=1S/C14H14N2O3S/c15-12(11-6-2-1-3-7-11)10-20(19)14-9-5-4-8-13(14)16(17)18/h1-9,12H,10,15H2. The summed E-state index contributed by atoms with van der Waals surface area (Å²) in [5, 5.41) is 10.9. The van der Waals surface area contributed by atoms with Crippen LogP contribution in [0.5, 0.6) is 0 Å². The maximum Gasteiger partial charge on any atom is 0.285 e. The van der Waals surface area contributed by atoms with Gasteiger partial charge in [0.1, 0.15) is 4.90 Å². The van der Waals surface area contributed by atoms with E-state index in [1.807, 2.05) is 30.3 Å². The van der Waals surface area contributed by atoms with Crippen LogP contribution in [0.25, 0.3) is 0 Å². The molecule has 0 aliphatic rings. The van der Waals surface area contributed by atoms with Crippen molar-refractivity contribution in [3.8, 4) is 0 Å². The summed E-state index contributed by atoms with van der Waals surface area (Å²) < 4.78 is 12.3. The fraction of sp³-hybridized carbons (Fsp3) is 0.143. The topological polar surface area (TPSA) is 86.2 Å². The first-order valence-electron chi connectivity index (χ1n) is 6.02. The molecule has 104 valence electrons. The van der Waals surface area contributed by atoms with Gasteiger partial charge in [-0.25, -0.2) is 0 Å². The van der Waals surface area contributed by atoms with Gasteiger partial charge in [0.05, 0.1) is 15.7 Å². The highest BCUT2D eigenvalue weighted by Crippen LogP contribution is 2.23. The van der Waals surface area contributed by atoms with Crippen LogP contribution in [0.4, 0.5) is 5.69 Å². The van der Waals surface area contributed by atoms with Crippen molar-refractivity contribution in [2.75, 3.05) is 5.75 Å². The molecule has 2 N–H and O–H groups in total. The second-order valence-corrected chi connectivity index (χ2v) is 5.72. The molecule has 0 aliphatic heterocycles. The van der Waals surface area contributed by atoms with Crippen LogP contribution in [0.15, 0.2) is 59.5 Å². The second kappa shape index (κ2) is 6.40. The first kappa shape index (κ1) is 14.4. The minimum Gasteiger partial charge on any atom is -0.323 e. The summed E-state index contributed by atoms with van der Waals surface area (Å²) in [6.07, 6.45) is 0. The maximum absolute atomic E-state index is 12.3. The van der Waals surface area contributed by atoms with Crippen LogP contribution in [0.1, 0.15) is 11.6 Å². The third-order valence-corrected chi connectivity index (χ3v) is 4.36. The maximum atomic E-state index is 12.3. The molecule has 2 aromatic rings. The quantitative estimate of drug-likeness (QED) is 0.676.